The van der Waals surface area contributed by atoms with Gasteiger partial charge in [-0.15, -0.1) is 12.3 Å². The van der Waals surface area contributed by atoms with E-state index >= 15 is 0 Å². The van der Waals surface area contributed by atoms with Crippen LogP contribution in [0.1, 0.15) is 19.8 Å². The molecule has 0 saturated carbocycles. The summed E-state index contributed by atoms with van der Waals surface area (Å²) in [6, 6.07) is 6.05. The van der Waals surface area contributed by atoms with Gasteiger partial charge in [-0.25, -0.2) is 13.1 Å². The van der Waals surface area contributed by atoms with Crippen molar-refractivity contribution in [3.63, 3.8) is 0 Å². The van der Waals surface area contributed by atoms with E-state index in [1.807, 2.05) is 6.92 Å². The van der Waals surface area contributed by atoms with Crippen molar-refractivity contribution in [2.45, 2.75) is 30.7 Å². The van der Waals surface area contributed by atoms with Crippen LogP contribution in [0.2, 0.25) is 5.02 Å². The minimum Gasteiger partial charge on any atom is -0.207 e. The molecular formula is C12H14ClNO2S. The maximum Gasteiger partial charge on any atom is 0.242 e. The molecule has 0 aliphatic carbocycles. The van der Waals surface area contributed by atoms with Crippen LogP contribution in [0.4, 0.5) is 0 Å². The van der Waals surface area contributed by atoms with Crippen LogP contribution in [0.5, 0.6) is 0 Å². The fourth-order valence-corrected chi connectivity index (χ4v) is 3.20. The van der Waals surface area contributed by atoms with Crippen molar-refractivity contribution in [3.05, 3.63) is 29.3 Å². The Kier molecular flexibility index (Phi) is 5.01. The summed E-state index contributed by atoms with van der Waals surface area (Å²) < 4.78 is 26.6. The van der Waals surface area contributed by atoms with Gasteiger partial charge >= 0.3 is 0 Å². The molecule has 1 N–H and O–H groups in total. The van der Waals surface area contributed by atoms with Gasteiger partial charge in [-0.2, -0.15) is 0 Å². The Morgan fingerprint density at radius 3 is 2.65 bits per heavy atom. The van der Waals surface area contributed by atoms with Crippen molar-refractivity contribution < 1.29 is 8.42 Å². The zero-order chi connectivity index (χ0) is 12.9. The molecule has 0 aromatic heterocycles. The summed E-state index contributed by atoms with van der Waals surface area (Å²) in [7, 11) is -3.60. The van der Waals surface area contributed by atoms with Crippen LogP contribution in [-0.2, 0) is 10.0 Å². The molecule has 1 atom stereocenters. The summed E-state index contributed by atoms with van der Waals surface area (Å²) in [6.07, 6.45) is 6.18. The molecule has 0 heterocycles. The smallest absolute Gasteiger partial charge is 0.207 e. The van der Waals surface area contributed by atoms with Crippen molar-refractivity contribution in [2.75, 3.05) is 0 Å². The van der Waals surface area contributed by atoms with E-state index < -0.39 is 10.0 Å². The lowest BCUT2D eigenvalue weighted by Gasteiger charge is -2.15. The maximum absolute atomic E-state index is 12.0. The first-order valence-corrected chi connectivity index (χ1v) is 7.07. The molecule has 1 aromatic rings. The van der Waals surface area contributed by atoms with E-state index in [0.29, 0.717) is 12.8 Å². The van der Waals surface area contributed by atoms with Gasteiger partial charge in [0, 0.05) is 12.5 Å². The highest BCUT2D eigenvalue weighted by atomic mass is 35.5. The second kappa shape index (κ2) is 6.06. The highest BCUT2D eigenvalue weighted by molar-refractivity contribution is 7.89. The zero-order valence-corrected chi connectivity index (χ0v) is 11.1. The van der Waals surface area contributed by atoms with Gasteiger partial charge in [0.15, 0.2) is 0 Å². The third kappa shape index (κ3) is 3.74. The molecule has 0 fully saturated rings. The molecule has 0 aliphatic rings. The number of hydrogen-bond donors (Lipinski definition) is 1. The number of benzene rings is 1. The Hall–Kier alpha value is -1.02. The fourth-order valence-electron chi connectivity index (χ4n) is 1.36. The Bertz CT molecular complexity index is 520. The molecule has 92 valence electrons. The molecule has 0 bridgehead atoms. The molecule has 3 nitrogen and oxygen atoms in total. The van der Waals surface area contributed by atoms with Crippen LogP contribution in [0, 0.1) is 12.3 Å². The van der Waals surface area contributed by atoms with Crippen LogP contribution in [-0.4, -0.2) is 14.5 Å². The lowest BCUT2D eigenvalue weighted by atomic mass is 10.2. The van der Waals surface area contributed by atoms with Crippen LogP contribution >= 0.6 is 11.6 Å². The summed E-state index contributed by atoms with van der Waals surface area (Å²) in [5.41, 5.74) is 0. The van der Waals surface area contributed by atoms with Gasteiger partial charge in [0.2, 0.25) is 10.0 Å². The largest absolute Gasteiger partial charge is 0.242 e. The predicted octanol–water partition coefficient (Wildman–Crippen LogP) is 2.42. The van der Waals surface area contributed by atoms with Gasteiger partial charge in [0.05, 0.1) is 5.02 Å². The van der Waals surface area contributed by atoms with Gasteiger partial charge in [0.1, 0.15) is 4.90 Å². The Morgan fingerprint density at radius 1 is 1.47 bits per heavy atom. The highest BCUT2D eigenvalue weighted by Crippen LogP contribution is 2.20. The van der Waals surface area contributed by atoms with E-state index in [1.165, 1.54) is 12.1 Å². The van der Waals surface area contributed by atoms with E-state index in [2.05, 4.69) is 10.6 Å². The van der Waals surface area contributed by atoms with Crippen molar-refractivity contribution in [1.29, 1.82) is 0 Å². The number of nitrogens with one attached hydrogen (secondary N) is 1. The van der Waals surface area contributed by atoms with Gasteiger partial charge in [0.25, 0.3) is 0 Å². The lowest BCUT2D eigenvalue weighted by Crippen LogP contribution is -2.34. The lowest BCUT2D eigenvalue weighted by molar-refractivity contribution is 0.544. The molecule has 5 heteroatoms. The van der Waals surface area contributed by atoms with Crippen LogP contribution < -0.4 is 4.72 Å². The second-order valence-corrected chi connectivity index (χ2v) is 5.65. The van der Waals surface area contributed by atoms with Crippen molar-refractivity contribution >= 4 is 21.6 Å². The predicted molar refractivity (Wildman–Crippen MR) is 69.3 cm³/mol. The fraction of sp³-hybridized carbons (Fsp3) is 0.333. The first kappa shape index (κ1) is 14.0. The zero-order valence-electron chi connectivity index (χ0n) is 9.48. The maximum atomic E-state index is 12.0. The summed E-state index contributed by atoms with van der Waals surface area (Å²) >= 11 is 5.85. The van der Waals surface area contributed by atoms with E-state index in [0.717, 1.165) is 0 Å². The second-order valence-electron chi connectivity index (χ2n) is 3.57. The average Bonchev–Trinajstić information content (AvgIpc) is 2.28. The Morgan fingerprint density at radius 2 is 2.12 bits per heavy atom. The van der Waals surface area contributed by atoms with Crippen molar-refractivity contribution in [2.24, 2.45) is 0 Å². The van der Waals surface area contributed by atoms with E-state index in [1.54, 1.807) is 12.1 Å². The SMILES string of the molecule is C#CCC(CC)NS(=O)(=O)c1ccccc1Cl. The minimum atomic E-state index is -3.60. The van der Waals surface area contributed by atoms with Gasteiger partial charge in [-0.1, -0.05) is 30.7 Å². The third-order valence-electron chi connectivity index (χ3n) is 2.31. The molecule has 1 unspecified atom stereocenters. The Labute approximate surface area is 107 Å². The van der Waals surface area contributed by atoms with Gasteiger partial charge < -0.3 is 0 Å². The first-order chi connectivity index (χ1) is 8.01. The standard InChI is InChI=1S/C12H14ClNO2S/c1-3-7-10(4-2)14-17(15,16)12-9-6-5-8-11(12)13/h1,5-6,8-10,14H,4,7H2,2H3. The van der Waals surface area contributed by atoms with Crippen molar-refractivity contribution in [1.82, 2.24) is 4.72 Å². The molecule has 0 saturated heterocycles. The van der Waals surface area contributed by atoms with Gasteiger partial charge in [-0.05, 0) is 18.6 Å². The summed E-state index contributed by atoms with van der Waals surface area (Å²) in [5.74, 6) is 2.45. The molecule has 0 aliphatic heterocycles. The van der Waals surface area contributed by atoms with Crippen LogP contribution in [0.3, 0.4) is 0 Å². The number of terminal acetylenes is 1. The number of rotatable bonds is 5. The monoisotopic (exact) mass is 271 g/mol. The quantitative estimate of drug-likeness (QED) is 0.836. The van der Waals surface area contributed by atoms with E-state index in [9.17, 15) is 8.42 Å². The third-order valence-corrected chi connectivity index (χ3v) is 4.33. The molecule has 1 aromatic carbocycles. The van der Waals surface area contributed by atoms with Crippen LogP contribution in [0.25, 0.3) is 0 Å². The first-order valence-electron chi connectivity index (χ1n) is 5.21. The normalized spacial score (nSPS) is 13.0. The summed E-state index contributed by atoms with van der Waals surface area (Å²) in [5, 5.41) is 0.204. The summed E-state index contributed by atoms with van der Waals surface area (Å²) in [6.45, 7) is 1.87. The van der Waals surface area contributed by atoms with Gasteiger partial charge in [-0.3, -0.25) is 0 Å². The molecule has 0 radical (unpaired) electrons. The molecule has 1 rings (SSSR count). The minimum absolute atomic E-state index is 0.0807. The number of hydrogen-bond acceptors (Lipinski definition) is 2. The molecule has 17 heavy (non-hydrogen) atoms. The summed E-state index contributed by atoms with van der Waals surface area (Å²) in [4.78, 5) is 0.0807. The topological polar surface area (TPSA) is 46.2 Å². The molecule has 0 spiro atoms. The highest BCUT2D eigenvalue weighted by Gasteiger charge is 2.20. The Balaban J connectivity index is 2.97. The molecular weight excluding hydrogens is 258 g/mol. The average molecular weight is 272 g/mol. The van der Waals surface area contributed by atoms with Crippen molar-refractivity contribution in [3.8, 4) is 12.3 Å². The molecule has 0 amide bonds. The van der Waals surface area contributed by atoms with Crippen LogP contribution in [0.15, 0.2) is 29.2 Å². The number of halogens is 1. The van der Waals surface area contributed by atoms with E-state index in [-0.39, 0.29) is 16.0 Å². The number of sulfonamides is 1. The van der Waals surface area contributed by atoms with E-state index in [4.69, 9.17) is 18.0 Å².